The van der Waals surface area contributed by atoms with Crippen molar-refractivity contribution in [3.63, 3.8) is 0 Å². The molecule has 1 saturated heterocycles. The van der Waals surface area contributed by atoms with Crippen molar-refractivity contribution >= 4 is 11.3 Å². The molecule has 0 spiro atoms. The Kier molecular flexibility index (Phi) is 4.29. The molecule has 2 heterocycles. The summed E-state index contributed by atoms with van der Waals surface area (Å²) >= 11 is 1.69. The van der Waals surface area contributed by atoms with Crippen molar-refractivity contribution in [3.05, 3.63) is 16.6 Å². The Bertz CT molecular complexity index is 304. The second-order valence-corrected chi connectivity index (χ2v) is 5.28. The number of aromatic nitrogens is 1. The van der Waals surface area contributed by atoms with Crippen molar-refractivity contribution in [3.8, 4) is 0 Å². The number of likely N-dealkylation sites (N-methyl/N-ethyl adjacent to an activating group) is 1. The van der Waals surface area contributed by atoms with Gasteiger partial charge in [0.2, 0.25) is 0 Å². The van der Waals surface area contributed by atoms with Crippen LogP contribution in [0.5, 0.6) is 0 Å². The molecule has 4 nitrogen and oxygen atoms in total. The van der Waals surface area contributed by atoms with E-state index < -0.39 is 0 Å². The van der Waals surface area contributed by atoms with E-state index in [1.807, 2.05) is 11.7 Å². The molecule has 0 radical (unpaired) electrons. The number of nitrogens with zero attached hydrogens (tertiary/aromatic N) is 2. The maximum Gasteiger partial charge on any atom is 0.0852 e. The SMILES string of the molecule is CC(NCc1cncs1)C1CN(C)CCO1. The Morgan fingerprint density at radius 2 is 2.62 bits per heavy atom. The number of hydrogen-bond donors (Lipinski definition) is 1. The van der Waals surface area contributed by atoms with E-state index in [1.165, 1.54) is 4.88 Å². The number of ether oxygens (including phenoxy) is 1. The van der Waals surface area contributed by atoms with Crippen molar-refractivity contribution in [1.82, 2.24) is 15.2 Å². The summed E-state index contributed by atoms with van der Waals surface area (Å²) in [5.41, 5.74) is 1.87. The quantitative estimate of drug-likeness (QED) is 0.852. The first-order valence-electron chi connectivity index (χ1n) is 5.66. The Labute approximate surface area is 101 Å². The van der Waals surface area contributed by atoms with E-state index in [0.717, 1.165) is 26.2 Å². The fraction of sp³-hybridized carbons (Fsp3) is 0.727. The van der Waals surface area contributed by atoms with Crippen LogP contribution in [0, 0.1) is 0 Å². The summed E-state index contributed by atoms with van der Waals surface area (Å²) < 4.78 is 5.76. The van der Waals surface area contributed by atoms with Crippen molar-refractivity contribution in [2.75, 3.05) is 26.7 Å². The second-order valence-electron chi connectivity index (χ2n) is 4.31. The average Bonchev–Trinajstić information content (AvgIpc) is 2.78. The van der Waals surface area contributed by atoms with E-state index in [-0.39, 0.29) is 0 Å². The van der Waals surface area contributed by atoms with Gasteiger partial charge >= 0.3 is 0 Å². The number of rotatable bonds is 4. The number of thiazole rings is 1. The molecule has 90 valence electrons. The summed E-state index contributed by atoms with van der Waals surface area (Å²) in [5, 5.41) is 3.49. The average molecular weight is 241 g/mol. The maximum atomic E-state index is 5.76. The highest BCUT2D eigenvalue weighted by molar-refractivity contribution is 7.09. The van der Waals surface area contributed by atoms with Crippen LogP contribution in [0.1, 0.15) is 11.8 Å². The number of nitrogens with one attached hydrogen (secondary N) is 1. The van der Waals surface area contributed by atoms with Crippen LogP contribution < -0.4 is 5.32 Å². The van der Waals surface area contributed by atoms with Gasteiger partial charge in [0, 0.05) is 36.8 Å². The van der Waals surface area contributed by atoms with Gasteiger partial charge in [0.25, 0.3) is 0 Å². The third-order valence-electron chi connectivity index (χ3n) is 2.94. The van der Waals surface area contributed by atoms with E-state index in [1.54, 1.807) is 11.3 Å². The van der Waals surface area contributed by atoms with Gasteiger partial charge < -0.3 is 15.0 Å². The molecule has 16 heavy (non-hydrogen) atoms. The minimum Gasteiger partial charge on any atom is -0.374 e. The topological polar surface area (TPSA) is 37.4 Å². The molecule has 5 heteroatoms. The van der Waals surface area contributed by atoms with Gasteiger partial charge in [-0.2, -0.15) is 0 Å². The smallest absolute Gasteiger partial charge is 0.0852 e. The molecule has 1 aliphatic heterocycles. The highest BCUT2D eigenvalue weighted by atomic mass is 32.1. The lowest BCUT2D eigenvalue weighted by atomic mass is 10.1. The molecule has 0 saturated carbocycles. The summed E-state index contributed by atoms with van der Waals surface area (Å²) in [5.74, 6) is 0. The largest absolute Gasteiger partial charge is 0.374 e. The van der Waals surface area contributed by atoms with Gasteiger partial charge in [0.1, 0.15) is 0 Å². The van der Waals surface area contributed by atoms with Crippen LogP contribution in [0.4, 0.5) is 0 Å². The summed E-state index contributed by atoms with van der Waals surface area (Å²) in [7, 11) is 2.14. The lowest BCUT2D eigenvalue weighted by molar-refractivity contribution is -0.0355. The van der Waals surface area contributed by atoms with Crippen LogP contribution in [-0.4, -0.2) is 48.8 Å². The van der Waals surface area contributed by atoms with Crippen molar-refractivity contribution < 1.29 is 4.74 Å². The number of hydrogen-bond acceptors (Lipinski definition) is 5. The third kappa shape index (κ3) is 3.25. The van der Waals surface area contributed by atoms with Gasteiger partial charge in [-0.25, -0.2) is 0 Å². The van der Waals surface area contributed by atoms with Gasteiger partial charge in [-0.3, -0.25) is 4.98 Å². The predicted molar refractivity (Wildman–Crippen MR) is 65.7 cm³/mol. The lowest BCUT2D eigenvalue weighted by Gasteiger charge is -2.34. The molecule has 1 aromatic rings. The predicted octanol–water partition coefficient (Wildman–Crippen LogP) is 0.952. The second kappa shape index (κ2) is 5.72. The molecule has 1 aromatic heterocycles. The standard InChI is InChI=1S/C11H19N3OS/c1-9(11-7-14(2)3-4-15-11)13-6-10-5-12-8-16-10/h5,8-9,11,13H,3-4,6-7H2,1-2H3. The molecule has 0 amide bonds. The number of morpholine rings is 1. The van der Waals surface area contributed by atoms with Crippen LogP contribution in [-0.2, 0) is 11.3 Å². The zero-order valence-corrected chi connectivity index (χ0v) is 10.7. The first-order valence-corrected chi connectivity index (χ1v) is 6.54. The van der Waals surface area contributed by atoms with E-state index in [2.05, 4.69) is 29.2 Å². The Morgan fingerprint density at radius 1 is 1.75 bits per heavy atom. The fourth-order valence-electron chi connectivity index (χ4n) is 1.84. The molecule has 1 aliphatic rings. The molecule has 0 bridgehead atoms. The van der Waals surface area contributed by atoms with Crippen LogP contribution in [0.2, 0.25) is 0 Å². The Balaban J connectivity index is 1.76. The third-order valence-corrected chi connectivity index (χ3v) is 3.72. The summed E-state index contributed by atoms with van der Waals surface area (Å²) in [4.78, 5) is 7.66. The van der Waals surface area contributed by atoms with Crippen LogP contribution in [0.25, 0.3) is 0 Å². The first kappa shape index (κ1) is 12.0. The van der Waals surface area contributed by atoms with Gasteiger partial charge in [0.15, 0.2) is 0 Å². The minimum absolute atomic E-state index is 0.298. The van der Waals surface area contributed by atoms with Crippen LogP contribution in [0.3, 0.4) is 0 Å². The lowest BCUT2D eigenvalue weighted by Crippen LogP contribution is -2.49. The van der Waals surface area contributed by atoms with Crippen molar-refractivity contribution in [2.45, 2.75) is 25.6 Å². The summed E-state index contributed by atoms with van der Waals surface area (Å²) in [6, 6.07) is 0.379. The molecule has 1 N–H and O–H groups in total. The maximum absolute atomic E-state index is 5.76. The van der Waals surface area contributed by atoms with Gasteiger partial charge in [-0.05, 0) is 14.0 Å². The van der Waals surface area contributed by atoms with Crippen molar-refractivity contribution in [2.24, 2.45) is 0 Å². The molecule has 1 fully saturated rings. The van der Waals surface area contributed by atoms with Gasteiger partial charge in [-0.15, -0.1) is 11.3 Å². The zero-order valence-electron chi connectivity index (χ0n) is 9.85. The highest BCUT2D eigenvalue weighted by Crippen LogP contribution is 2.09. The molecular weight excluding hydrogens is 222 g/mol. The van der Waals surface area contributed by atoms with E-state index in [0.29, 0.717) is 12.1 Å². The zero-order chi connectivity index (χ0) is 11.4. The van der Waals surface area contributed by atoms with Crippen LogP contribution in [0.15, 0.2) is 11.7 Å². The molecule has 0 aromatic carbocycles. The van der Waals surface area contributed by atoms with Crippen molar-refractivity contribution in [1.29, 1.82) is 0 Å². The first-order chi connectivity index (χ1) is 7.75. The van der Waals surface area contributed by atoms with Gasteiger partial charge in [0.05, 0.1) is 18.2 Å². The fourth-order valence-corrected chi connectivity index (χ4v) is 2.38. The van der Waals surface area contributed by atoms with E-state index in [9.17, 15) is 0 Å². The summed E-state index contributed by atoms with van der Waals surface area (Å²) in [6.07, 6.45) is 2.21. The summed E-state index contributed by atoms with van der Waals surface area (Å²) in [6.45, 7) is 5.96. The van der Waals surface area contributed by atoms with Gasteiger partial charge in [-0.1, -0.05) is 0 Å². The Hall–Kier alpha value is -0.490. The van der Waals surface area contributed by atoms with E-state index in [4.69, 9.17) is 4.74 Å². The molecule has 2 rings (SSSR count). The van der Waals surface area contributed by atoms with Crippen LogP contribution >= 0.6 is 11.3 Å². The minimum atomic E-state index is 0.298. The monoisotopic (exact) mass is 241 g/mol. The Morgan fingerprint density at radius 3 is 3.31 bits per heavy atom. The normalized spacial score (nSPS) is 24.5. The molecule has 0 aliphatic carbocycles. The molecule has 2 atom stereocenters. The van der Waals surface area contributed by atoms with E-state index >= 15 is 0 Å². The molecular formula is C11H19N3OS. The highest BCUT2D eigenvalue weighted by Gasteiger charge is 2.23. The molecule has 2 unspecified atom stereocenters.